The van der Waals surface area contributed by atoms with Gasteiger partial charge < -0.3 is 15.8 Å². The van der Waals surface area contributed by atoms with Gasteiger partial charge in [-0.1, -0.05) is 71.9 Å². The summed E-state index contributed by atoms with van der Waals surface area (Å²) in [5, 5.41) is 18.8. The molecule has 6 nitrogen and oxygen atoms in total. The fraction of sp³-hybridized carbons (Fsp3) is 0.0800. The second-order valence-corrected chi connectivity index (χ2v) is 8.13. The van der Waals surface area contributed by atoms with E-state index in [-0.39, 0.29) is 23.1 Å². The van der Waals surface area contributed by atoms with E-state index in [9.17, 15) is 14.8 Å². The molecule has 0 fully saturated rings. The maximum Gasteiger partial charge on any atom is 0.247 e. The van der Waals surface area contributed by atoms with Gasteiger partial charge in [0, 0.05) is 22.0 Å². The van der Waals surface area contributed by atoms with Gasteiger partial charge in [-0.15, -0.1) is 0 Å². The van der Waals surface area contributed by atoms with Gasteiger partial charge in [0.15, 0.2) is 0 Å². The van der Waals surface area contributed by atoms with Crippen molar-refractivity contribution < 1.29 is 14.8 Å². The summed E-state index contributed by atoms with van der Waals surface area (Å²) in [5.41, 5.74) is 2.97. The van der Waals surface area contributed by atoms with Crippen molar-refractivity contribution in [1.29, 1.82) is 0 Å². The molecule has 1 aliphatic rings. The SMILES string of the molecule is O=C1C(N[C@H](Cc2ccccc2)C(=O)Nc2ccccc2Br)=C/C(=N/O)c2ccccc21. The summed E-state index contributed by atoms with van der Waals surface area (Å²) in [7, 11) is 0. The highest BCUT2D eigenvalue weighted by atomic mass is 79.9. The number of carbonyl (C=O) groups excluding carboxylic acids is 2. The molecule has 0 spiro atoms. The van der Waals surface area contributed by atoms with Crippen LogP contribution in [-0.4, -0.2) is 28.7 Å². The molecule has 1 aliphatic carbocycles. The molecule has 0 radical (unpaired) electrons. The molecule has 0 saturated carbocycles. The third-order valence-electron chi connectivity index (χ3n) is 5.14. The van der Waals surface area contributed by atoms with Gasteiger partial charge in [0.05, 0.1) is 11.4 Å². The number of allylic oxidation sites excluding steroid dienone is 2. The summed E-state index contributed by atoms with van der Waals surface area (Å²) >= 11 is 3.44. The average Bonchev–Trinajstić information content (AvgIpc) is 2.82. The quantitative estimate of drug-likeness (QED) is 0.350. The topological polar surface area (TPSA) is 90.8 Å². The molecular formula is C25H20BrN3O3. The lowest BCUT2D eigenvalue weighted by molar-refractivity contribution is -0.117. The van der Waals surface area contributed by atoms with Crippen LogP contribution in [0.15, 0.2) is 100 Å². The van der Waals surface area contributed by atoms with Crippen LogP contribution < -0.4 is 10.6 Å². The van der Waals surface area contributed by atoms with E-state index in [1.165, 1.54) is 6.08 Å². The molecule has 4 rings (SSSR count). The monoisotopic (exact) mass is 489 g/mol. The number of hydrogen-bond acceptors (Lipinski definition) is 5. The molecule has 0 bridgehead atoms. The normalized spacial score (nSPS) is 15.0. The predicted molar refractivity (Wildman–Crippen MR) is 127 cm³/mol. The fourth-order valence-corrected chi connectivity index (χ4v) is 3.93. The number of oxime groups is 1. The molecule has 0 unspecified atom stereocenters. The molecule has 1 amide bonds. The molecule has 3 aromatic carbocycles. The van der Waals surface area contributed by atoms with Gasteiger partial charge in [0.2, 0.25) is 11.7 Å². The Kier molecular flexibility index (Phi) is 6.47. The Hall–Kier alpha value is -3.71. The maximum atomic E-state index is 13.2. The number of carbonyl (C=O) groups is 2. The summed E-state index contributed by atoms with van der Waals surface area (Å²) in [4.78, 5) is 26.3. The highest BCUT2D eigenvalue weighted by Crippen LogP contribution is 2.23. The zero-order valence-corrected chi connectivity index (χ0v) is 18.5. The first-order chi connectivity index (χ1) is 15.6. The largest absolute Gasteiger partial charge is 0.410 e. The number of nitrogens with one attached hydrogen (secondary N) is 2. The van der Waals surface area contributed by atoms with Crippen molar-refractivity contribution >= 4 is 39.0 Å². The molecule has 0 aliphatic heterocycles. The van der Waals surface area contributed by atoms with E-state index >= 15 is 0 Å². The van der Waals surface area contributed by atoms with Crippen LogP contribution in [0.25, 0.3) is 0 Å². The minimum Gasteiger partial charge on any atom is -0.410 e. The van der Waals surface area contributed by atoms with E-state index < -0.39 is 6.04 Å². The van der Waals surface area contributed by atoms with Crippen molar-refractivity contribution in [3.8, 4) is 0 Å². The van der Waals surface area contributed by atoms with Crippen molar-refractivity contribution in [3.05, 3.63) is 112 Å². The Balaban J connectivity index is 1.64. The number of fused-ring (bicyclic) bond motifs is 1. The first-order valence-corrected chi connectivity index (χ1v) is 10.8. The summed E-state index contributed by atoms with van der Waals surface area (Å²) in [6, 6.07) is 23.0. The van der Waals surface area contributed by atoms with Gasteiger partial charge >= 0.3 is 0 Å². The Morgan fingerprint density at radius 1 is 0.938 bits per heavy atom. The Morgan fingerprint density at radius 2 is 1.59 bits per heavy atom. The minimum absolute atomic E-state index is 0.194. The molecule has 32 heavy (non-hydrogen) atoms. The highest BCUT2D eigenvalue weighted by Gasteiger charge is 2.28. The average molecular weight is 490 g/mol. The van der Waals surface area contributed by atoms with Crippen LogP contribution in [0.1, 0.15) is 21.5 Å². The summed E-state index contributed by atoms with van der Waals surface area (Å²) in [5.74, 6) is -0.560. The van der Waals surface area contributed by atoms with Crippen molar-refractivity contribution in [2.75, 3.05) is 5.32 Å². The zero-order valence-electron chi connectivity index (χ0n) is 17.0. The summed E-state index contributed by atoms with van der Waals surface area (Å²) in [6.45, 7) is 0. The highest BCUT2D eigenvalue weighted by molar-refractivity contribution is 9.10. The Bertz CT molecular complexity index is 1220. The standard InChI is InChI=1S/C25H20BrN3O3/c26-19-12-6-7-13-20(19)28-25(31)23(14-16-8-2-1-3-9-16)27-22-15-21(29-32)17-10-4-5-11-18(17)24(22)30/h1-13,15,23,27,32H,14H2,(H,28,31)/b29-21-/t23-/m1/s1. The fourth-order valence-electron chi connectivity index (χ4n) is 3.55. The van der Waals surface area contributed by atoms with E-state index in [4.69, 9.17) is 0 Å². The molecule has 0 aromatic heterocycles. The number of Topliss-reactive ketones (excluding diaryl/α,β-unsaturated/α-hetero) is 1. The summed E-state index contributed by atoms with van der Waals surface area (Å²) in [6.07, 6.45) is 1.82. The second-order valence-electron chi connectivity index (χ2n) is 7.27. The van der Waals surface area contributed by atoms with E-state index in [2.05, 4.69) is 31.7 Å². The number of hydrogen-bond donors (Lipinski definition) is 3. The molecule has 3 N–H and O–H groups in total. The van der Waals surface area contributed by atoms with Crippen LogP contribution >= 0.6 is 15.9 Å². The lowest BCUT2D eigenvalue weighted by Crippen LogP contribution is -2.44. The number of nitrogens with zero attached hydrogens (tertiary/aromatic N) is 1. The van der Waals surface area contributed by atoms with Gasteiger partial charge in [-0.3, -0.25) is 9.59 Å². The summed E-state index contributed by atoms with van der Waals surface area (Å²) < 4.78 is 0.753. The number of halogens is 1. The molecular weight excluding hydrogens is 470 g/mol. The third-order valence-corrected chi connectivity index (χ3v) is 5.83. The minimum atomic E-state index is -0.745. The first kappa shape index (κ1) is 21.5. The van der Waals surface area contributed by atoms with E-state index in [0.29, 0.717) is 23.2 Å². The first-order valence-electron chi connectivity index (χ1n) is 10.0. The van der Waals surface area contributed by atoms with Gasteiger partial charge in [-0.2, -0.15) is 0 Å². The van der Waals surface area contributed by atoms with Crippen molar-refractivity contribution in [3.63, 3.8) is 0 Å². The van der Waals surface area contributed by atoms with Gasteiger partial charge in [0.1, 0.15) is 11.8 Å². The van der Waals surface area contributed by atoms with Gasteiger partial charge in [-0.25, -0.2) is 0 Å². The van der Waals surface area contributed by atoms with Crippen LogP contribution in [0.4, 0.5) is 5.69 Å². The number of amides is 1. The number of ketones is 1. The van der Waals surface area contributed by atoms with Crippen LogP contribution in [0.2, 0.25) is 0 Å². The number of anilines is 1. The second kappa shape index (κ2) is 9.62. The van der Waals surface area contributed by atoms with Crippen LogP contribution in [0, 0.1) is 0 Å². The number of benzene rings is 3. The lowest BCUT2D eigenvalue weighted by atomic mass is 9.91. The smallest absolute Gasteiger partial charge is 0.247 e. The van der Waals surface area contributed by atoms with Crippen molar-refractivity contribution in [2.45, 2.75) is 12.5 Å². The van der Waals surface area contributed by atoms with Crippen LogP contribution in [0.5, 0.6) is 0 Å². The van der Waals surface area contributed by atoms with E-state index in [1.54, 1.807) is 30.3 Å². The van der Waals surface area contributed by atoms with Crippen molar-refractivity contribution in [1.82, 2.24) is 5.32 Å². The number of para-hydroxylation sites is 1. The van der Waals surface area contributed by atoms with Crippen molar-refractivity contribution in [2.24, 2.45) is 5.16 Å². The molecule has 160 valence electrons. The molecule has 0 saturated heterocycles. The Morgan fingerprint density at radius 3 is 2.31 bits per heavy atom. The zero-order chi connectivity index (χ0) is 22.5. The maximum absolute atomic E-state index is 13.2. The molecule has 0 heterocycles. The lowest BCUT2D eigenvalue weighted by Gasteiger charge is -2.24. The van der Waals surface area contributed by atoms with E-state index in [0.717, 1.165) is 10.0 Å². The Labute approximate surface area is 193 Å². The molecule has 7 heteroatoms. The molecule has 3 aromatic rings. The van der Waals surface area contributed by atoms with E-state index in [1.807, 2.05) is 48.5 Å². The predicted octanol–water partition coefficient (Wildman–Crippen LogP) is 4.55. The van der Waals surface area contributed by atoms with Crippen LogP contribution in [-0.2, 0) is 11.2 Å². The number of rotatable bonds is 6. The van der Waals surface area contributed by atoms with Crippen LogP contribution in [0.3, 0.4) is 0 Å². The molecule has 1 atom stereocenters. The van der Waals surface area contributed by atoms with Gasteiger partial charge in [0.25, 0.3) is 0 Å². The van der Waals surface area contributed by atoms with Gasteiger partial charge in [-0.05, 0) is 39.7 Å². The third kappa shape index (κ3) is 4.63.